The largest absolute Gasteiger partial charge is 0.377 e. The molecule has 1 saturated carbocycles. The number of hydrogen-bond donors (Lipinski definition) is 2. The summed E-state index contributed by atoms with van der Waals surface area (Å²) in [5.74, 6) is 0.662. The summed E-state index contributed by atoms with van der Waals surface area (Å²) < 4.78 is 5.37. The van der Waals surface area contributed by atoms with Crippen LogP contribution in [0.2, 0.25) is 0 Å². The van der Waals surface area contributed by atoms with Crippen molar-refractivity contribution in [3.8, 4) is 0 Å². The first-order valence-corrected chi connectivity index (χ1v) is 6.24. The molecule has 0 spiro atoms. The third-order valence-corrected chi connectivity index (χ3v) is 3.15. The molecule has 0 bridgehead atoms. The van der Waals surface area contributed by atoms with E-state index in [0.29, 0.717) is 25.6 Å². The Balaban J connectivity index is 2.19. The second-order valence-electron chi connectivity index (χ2n) is 4.74. The zero-order valence-electron chi connectivity index (χ0n) is 10.4. The quantitative estimate of drug-likeness (QED) is 0.664. The van der Waals surface area contributed by atoms with E-state index < -0.39 is 0 Å². The van der Waals surface area contributed by atoms with E-state index in [9.17, 15) is 4.79 Å². The molecule has 1 amide bonds. The molecule has 4 heteroatoms. The summed E-state index contributed by atoms with van der Waals surface area (Å²) in [7, 11) is 0. The van der Waals surface area contributed by atoms with Crippen molar-refractivity contribution in [3.63, 3.8) is 0 Å². The molecular weight excluding hydrogens is 204 g/mol. The van der Waals surface area contributed by atoms with Crippen molar-refractivity contribution in [2.45, 2.75) is 39.2 Å². The van der Waals surface area contributed by atoms with E-state index in [4.69, 9.17) is 10.5 Å². The Kier molecular flexibility index (Phi) is 5.77. The topological polar surface area (TPSA) is 64.3 Å². The van der Waals surface area contributed by atoms with Crippen LogP contribution in [0.1, 0.15) is 33.1 Å². The molecule has 0 saturated heterocycles. The van der Waals surface area contributed by atoms with E-state index >= 15 is 0 Å². The van der Waals surface area contributed by atoms with Gasteiger partial charge in [-0.05, 0) is 39.2 Å². The average Bonchev–Trinajstić information content (AvgIpc) is 2.71. The van der Waals surface area contributed by atoms with Gasteiger partial charge in [0.2, 0.25) is 5.91 Å². The second-order valence-corrected chi connectivity index (χ2v) is 4.74. The predicted molar refractivity (Wildman–Crippen MR) is 64.0 cm³/mol. The van der Waals surface area contributed by atoms with E-state index in [-0.39, 0.29) is 17.9 Å². The van der Waals surface area contributed by atoms with E-state index in [2.05, 4.69) is 5.32 Å². The van der Waals surface area contributed by atoms with Crippen molar-refractivity contribution in [2.75, 3.05) is 19.7 Å². The zero-order valence-corrected chi connectivity index (χ0v) is 10.4. The monoisotopic (exact) mass is 228 g/mol. The number of rotatable bonds is 6. The lowest BCUT2D eigenvalue weighted by molar-refractivity contribution is -0.126. The highest BCUT2D eigenvalue weighted by Crippen LogP contribution is 2.30. The molecule has 1 aliphatic carbocycles. The van der Waals surface area contributed by atoms with Crippen LogP contribution in [0, 0.1) is 11.8 Å². The summed E-state index contributed by atoms with van der Waals surface area (Å²) in [4.78, 5) is 11.8. The molecule has 2 atom stereocenters. The third-order valence-electron chi connectivity index (χ3n) is 3.15. The van der Waals surface area contributed by atoms with Crippen LogP contribution in [0.3, 0.4) is 0 Å². The van der Waals surface area contributed by atoms with Crippen molar-refractivity contribution in [1.82, 2.24) is 5.32 Å². The molecule has 3 N–H and O–H groups in total. The van der Waals surface area contributed by atoms with Gasteiger partial charge in [-0.15, -0.1) is 0 Å². The summed E-state index contributed by atoms with van der Waals surface area (Å²) in [6.07, 6.45) is 3.43. The van der Waals surface area contributed by atoms with Gasteiger partial charge in [0.15, 0.2) is 0 Å². The lowest BCUT2D eigenvalue weighted by atomic mass is 9.95. The van der Waals surface area contributed by atoms with Crippen molar-refractivity contribution >= 4 is 5.91 Å². The number of carbonyl (C=O) groups excluding carboxylic acids is 1. The number of amides is 1. The molecule has 1 rings (SSSR count). The average molecular weight is 228 g/mol. The molecule has 4 nitrogen and oxygen atoms in total. The lowest BCUT2D eigenvalue weighted by Crippen LogP contribution is -2.36. The highest BCUT2D eigenvalue weighted by molar-refractivity contribution is 5.79. The molecule has 0 heterocycles. The van der Waals surface area contributed by atoms with Gasteiger partial charge in [-0.3, -0.25) is 4.79 Å². The van der Waals surface area contributed by atoms with Gasteiger partial charge in [0.1, 0.15) is 0 Å². The molecule has 2 unspecified atom stereocenters. The van der Waals surface area contributed by atoms with Gasteiger partial charge >= 0.3 is 0 Å². The van der Waals surface area contributed by atoms with Gasteiger partial charge in [0.05, 0.1) is 12.7 Å². The first-order chi connectivity index (χ1) is 7.65. The number of ether oxygens (including phenoxy) is 1. The minimum Gasteiger partial charge on any atom is -0.377 e. The number of nitrogens with two attached hydrogens (primary N) is 1. The van der Waals surface area contributed by atoms with Crippen molar-refractivity contribution < 1.29 is 9.53 Å². The van der Waals surface area contributed by atoms with Crippen LogP contribution in [0.5, 0.6) is 0 Å². The predicted octanol–water partition coefficient (Wildman–Crippen LogP) is 0.903. The summed E-state index contributed by atoms with van der Waals surface area (Å²) in [5.41, 5.74) is 5.65. The minimum atomic E-state index is 0.129. The standard InChI is InChI=1S/C12H24N2O2/c1-9(2)16-7-6-14-12(15)11-5-3-4-10(11)8-13/h9-11H,3-8,13H2,1-2H3,(H,14,15). The first-order valence-electron chi connectivity index (χ1n) is 6.24. The molecule has 0 aromatic heterocycles. The SMILES string of the molecule is CC(C)OCCNC(=O)C1CCCC1CN. The number of nitrogens with one attached hydrogen (secondary N) is 1. The Morgan fingerprint density at radius 3 is 2.88 bits per heavy atom. The fourth-order valence-corrected chi connectivity index (χ4v) is 2.26. The molecule has 1 aliphatic rings. The van der Waals surface area contributed by atoms with Crippen LogP contribution < -0.4 is 11.1 Å². The van der Waals surface area contributed by atoms with E-state index in [1.807, 2.05) is 13.8 Å². The summed E-state index contributed by atoms with van der Waals surface area (Å²) in [6, 6.07) is 0. The maximum Gasteiger partial charge on any atom is 0.223 e. The normalized spacial score (nSPS) is 25.0. The van der Waals surface area contributed by atoms with Crippen molar-refractivity contribution in [3.05, 3.63) is 0 Å². The van der Waals surface area contributed by atoms with Crippen LogP contribution in [-0.2, 0) is 9.53 Å². The molecule has 0 aromatic rings. The Bertz CT molecular complexity index is 219. The molecule has 0 aliphatic heterocycles. The van der Waals surface area contributed by atoms with Crippen LogP contribution in [-0.4, -0.2) is 31.7 Å². The molecular formula is C12H24N2O2. The van der Waals surface area contributed by atoms with Gasteiger partial charge in [-0.2, -0.15) is 0 Å². The van der Waals surface area contributed by atoms with Crippen molar-refractivity contribution in [1.29, 1.82) is 0 Å². The Hall–Kier alpha value is -0.610. The molecule has 16 heavy (non-hydrogen) atoms. The fourth-order valence-electron chi connectivity index (χ4n) is 2.26. The van der Waals surface area contributed by atoms with Crippen LogP contribution in [0.4, 0.5) is 0 Å². The van der Waals surface area contributed by atoms with Gasteiger partial charge in [-0.25, -0.2) is 0 Å². The zero-order chi connectivity index (χ0) is 12.0. The van der Waals surface area contributed by atoms with E-state index in [1.54, 1.807) is 0 Å². The second kappa shape index (κ2) is 6.86. The maximum absolute atomic E-state index is 11.8. The fraction of sp³-hybridized carbons (Fsp3) is 0.917. The summed E-state index contributed by atoms with van der Waals surface area (Å²) in [6.45, 7) is 5.79. The number of carbonyl (C=O) groups is 1. The van der Waals surface area contributed by atoms with Crippen LogP contribution in [0.15, 0.2) is 0 Å². The molecule has 0 aromatic carbocycles. The lowest BCUT2D eigenvalue weighted by Gasteiger charge is -2.17. The third kappa shape index (κ3) is 4.10. The first kappa shape index (κ1) is 13.5. The highest BCUT2D eigenvalue weighted by atomic mass is 16.5. The summed E-state index contributed by atoms with van der Waals surface area (Å²) in [5, 5.41) is 2.92. The number of hydrogen-bond acceptors (Lipinski definition) is 3. The van der Waals surface area contributed by atoms with Gasteiger partial charge in [0, 0.05) is 12.5 Å². The molecule has 94 valence electrons. The minimum absolute atomic E-state index is 0.129. The Morgan fingerprint density at radius 2 is 2.25 bits per heavy atom. The van der Waals surface area contributed by atoms with E-state index in [1.165, 1.54) is 0 Å². The molecule has 0 radical (unpaired) electrons. The van der Waals surface area contributed by atoms with Gasteiger partial charge in [-0.1, -0.05) is 6.42 Å². The van der Waals surface area contributed by atoms with Gasteiger partial charge < -0.3 is 15.8 Å². The maximum atomic E-state index is 11.8. The Labute approximate surface area is 97.9 Å². The van der Waals surface area contributed by atoms with E-state index in [0.717, 1.165) is 19.3 Å². The van der Waals surface area contributed by atoms with Crippen molar-refractivity contribution in [2.24, 2.45) is 17.6 Å². The van der Waals surface area contributed by atoms with Crippen LogP contribution in [0.25, 0.3) is 0 Å². The summed E-state index contributed by atoms with van der Waals surface area (Å²) >= 11 is 0. The Morgan fingerprint density at radius 1 is 1.50 bits per heavy atom. The molecule has 1 fully saturated rings. The smallest absolute Gasteiger partial charge is 0.223 e. The van der Waals surface area contributed by atoms with Crippen LogP contribution >= 0.6 is 0 Å². The highest BCUT2D eigenvalue weighted by Gasteiger charge is 2.31. The van der Waals surface area contributed by atoms with Gasteiger partial charge in [0.25, 0.3) is 0 Å².